The lowest BCUT2D eigenvalue weighted by Gasteiger charge is -2.28. The van der Waals surface area contributed by atoms with Crippen molar-refractivity contribution in [3.8, 4) is 0 Å². The summed E-state index contributed by atoms with van der Waals surface area (Å²) in [5.41, 5.74) is 0.409. The number of amides is 4. The van der Waals surface area contributed by atoms with Crippen molar-refractivity contribution in [3.05, 3.63) is 46.6 Å². The number of nitrogens with one attached hydrogen (secondary N) is 1. The number of likely N-dealkylation sites (N-methyl/N-ethyl adjacent to an activating group) is 1. The molecule has 0 bridgehead atoms. The van der Waals surface area contributed by atoms with Gasteiger partial charge in [-0.3, -0.25) is 14.5 Å². The number of urea groups is 1. The Morgan fingerprint density at radius 3 is 2.56 bits per heavy atom. The quantitative estimate of drug-likeness (QED) is 0.784. The van der Waals surface area contributed by atoms with E-state index in [4.69, 9.17) is 11.6 Å². The van der Waals surface area contributed by atoms with E-state index in [1.165, 1.54) is 0 Å². The third-order valence-electron chi connectivity index (χ3n) is 5.22. The molecule has 4 amide bonds. The van der Waals surface area contributed by atoms with Crippen LogP contribution in [-0.2, 0) is 15.1 Å². The zero-order valence-corrected chi connectivity index (χ0v) is 16.4. The van der Waals surface area contributed by atoms with Crippen LogP contribution in [0.1, 0.15) is 45.1 Å². The summed E-state index contributed by atoms with van der Waals surface area (Å²) in [5.74, 6) is -0.675. The number of hydrogen-bond acceptors (Lipinski definition) is 3. The Hall–Kier alpha value is -2.34. The van der Waals surface area contributed by atoms with Gasteiger partial charge in [0.15, 0.2) is 0 Å². The molecule has 144 valence electrons. The first kappa shape index (κ1) is 19.4. The maximum Gasteiger partial charge on any atom is 0.325 e. The minimum Gasteiger partial charge on any atom is -0.319 e. The molecule has 0 saturated carbocycles. The molecule has 7 heteroatoms. The molecule has 0 spiro atoms. The molecule has 1 aliphatic carbocycles. The molecule has 1 aromatic carbocycles. The van der Waals surface area contributed by atoms with Crippen molar-refractivity contribution in [2.45, 2.75) is 45.1 Å². The monoisotopic (exact) mass is 389 g/mol. The summed E-state index contributed by atoms with van der Waals surface area (Å²) >= 11 is 5.91. The second kappa shape index (κ2) is 7.72. The number of imide groups is 1. The number of nitrogens with zero attached hydrogens (tertiary/aromatic N) is 2. The van der Waals surface area contributed by atoms with E-state index < -0.39 is 17.5 Å². The highest BCUT2D eigenvalue weighted by Gasteiger charge is 2.49. The molecule has 0 radical (unpaired) electrons. The van der Waals surface area contributed by atoms with Crippen molar-refractivity contribution >= 4 is 29.4 Å². The fourth-order valence-electron chi connectivity index (χ4n) is 3.65. The molecule has 1 N–H and O–H groups in total. The van der Waals surface area contributed by atoms with E-state index in [2.05, 4.69) is 11.4 Å². The Balaban J connectivity index is 1.78. The SMILES string of the molecule is CCN(C(=O)CN1C(=O)N[C@@](C)(c2ccc(Cl)cc2)C1=O)C1=CCCCC1. The van der Waals surface area contributed by atoms with Crippen LogP contribution < -0.4 is 5.32 Å². The van der Waals surface area contributed by atoms with Crippen LogP contribution in [0.3, 0.4) is 0 Å². The summed E-state index contributed by atoms with van der Waals surface area (Å²) in [7, 11) is 0. The molecule has 27 heavy (non-hydrogen) atoms. The van der Waals surface area contributed by atoms with E-state index in [1.54, 1.807) is 36.1 Å². The minimum atomic E-state index is -1.21. The second-order valence-electron chi connectivity index (χ2n) is 7.03. The summed E-state index contributed by atoms with van der Waals surface area (Å²) in [4.78, 5) is 40.9. The van der Waals surface area contributed by atoms with Gasteiger partial charge in [0.25, 0.3) is 5.91 Å². The Labute approximate surface area is 164 Å². The fourth-order valence-corrected chi connectivity index (χ4v) is 3.77. The highest BCUT2D eigenvalue weighted by molar-refractivity contribution is 6.30. The van der Waals surface area contributed by atoms with Crippen LogP contribution in [0, 0.1) is 0 Å². The van der Waals surface area contributed by atoms with E-state index in [9.17, 15) is 14.4 Å². The molecule has 0 unspecified atom stereocenters. The molecular formula is C20H24ClN3O3. The van der Waals surface area contributed by atoms with Crippen molar-refractivity contribution in [1.82, 2.24) is 15.1 Å². The highest BCUT2D eigenvalue weighted by Crippen LogP contribution is 2.30. The predicted molar refractivity (Wildman–Crippen MR) is 103 cm³/mol. The molecule has 2 aliphatic rings. The predicted octanol–water partition coefficient (Wildman–Crippen LogP) is 3.41. The first-order valence-electron chi connectivity index (χ1n) is 9.26. The number of allylic oxidation sites excluding steroid dienone is 2. The van der Waals surface area contributed by atoms with Gasteiger partial charge in [-0.15, -0.1) is 0 Å². The van der Waals surface area contributed by atoms with Crippen molar-refractivity contribution in [2.24, 2.45) is 0 Å². The summed E-state index contributed by atoms with van der Waals surface area (Å²) in [6.07, 6.45) is 6.06. The number of rotatable bonds is 5. The van der Waals surface area contributed by atoms with Crippen molar-refractivity contribution < 1.29 is 14.4 Å². The molecule has 0 aromatic heterocycles. The number of carbonyl (C=O) groups excluding carboxylic acids is 3. The van der Waals surface area contributed by atoms with Crippen LogP contribution in [-0.4, -0.2) is 40.7 Å². The van der Waals surface area contributed by atoms with Crippen molar-refractivity contribution in [2.75, 3.05) is 13.1 Å². The number of benzene rings is 1. The van der Waals surface area contributed by atoms with Gasteiger partial charge in [-0.05, 0) is 57.2 Å². The molecule has 1 heterocycles. The maximum atomic E-state index is 13.0. The molecule has 1 atom stereocenters. The summed E-state index contributed by atoms with van der Waals surface area (Å²) in [6, 6.07) is 6.20. The van der Waals surface area contributed by atoms with Crippen LogP contribution in [0.25, 0.3) is 0 Å². The van der Waals surface area contributed by atoms with Crippen LogP contribution >= 0.6 is 11.6 Å². The zero-order chi connectivity index (χ0) is 19.6. The summed E-state index contributed by atoms with van der Waals surface area (Å²) in [5, 5.41) is 3.26. The van der Waals surface area contributed by atoms with Gasteiger partial charge < -0.3 is 10.2 Å². The van der Waals surface area contributed by atoms with Gasteiger partial charge in [0.1, 0.15) is 12.1 Å². The molecule has 1 fully saturated rings. The molecule has 6 nitrogen and oxygen atoms in total. The van der Waals surface area contributed by atoms with Crippen LogP contribution in [0.5, 0.6) is 0 Å². The van der Waals surface area contributed by atoms with Gasteiger partial charge in [0, 0.05) is 17.3 Å². The second-order valence-corrected chi connectivity index (χ2v) is 7.47. The van der Waals surface area contributed by atoms with Crippen LogP contribution in [0.15, 0.2) is 36.0 Å². The Bertz CT molecular complexity index is 790. The largest absolute Gasteiger partial charge is 0.325 e. The summed E-state index contributed by atoms with van der Waals surface area (Å²) < 4.78 is 0. The van der Waals surface area contributed by atoms with Gasteiger partial charge in [0.2, 0.25) is 5.91 Å². The minimum absolute atomic E-state index is 0.241. The molecule has 3 rings (SSSR count). The Morgan fingerprint density at radius 1 is 1.26 bits per heavy atom. The van der Waals surface area contributed by atoms with Gasteiger partial charge in [-0.1, -0.05) is 29.8 Å². The maximum absolute atomic E-state index is 13.0. The van der Waals surface area contributed by atoms with E-state index >= 15 is 0 Å². The standard InChI is InChI=1S/C20H24ClN3O3/c1-3-23(16-7-5-4-6-8-16)17(25)13-24-18(26)20(2,22-19(24)27)14-9-11-15(21)12-10-14/h7,9-12H,3-6,8,13H2,1-2H3,(H,22,27)/t20-/m0/s1. The lowest BCUT2D eigenvalue weighted by atomic mass is 9.92. The number of halogens is 1. The van der Waals surface area contributed by atoms with Gasteiger partial charge in [-0.2, -0.15) is 0 Å². The van der Waals surface area contributed by atoms with Crippen molar-refractivity contribution in [1.29, 1.82) is 0 Å². The van der Waals surface area contributed by atoms with E-state index in [0.717, 1.165) is 36.3 Å². The van der Waals surface area contributed by atoms with Gasteiger partial charge in [0.05, 0.1) is 0 Å². The number of carbonyl (C=O) groups is 3. The lowest BCUT2D eigenvalue weighted by Crippen LogP contribution is -2.44. The van der Waals surface area contributed by atoms with Gasteiger partial charge in [-0.25, -0.2) is 4.79 Å². The topological polar surface area (TPSA) is 69.7 Å². The number of hydrogen-bond donors (Lipinski definition) is 1. The third kappa shape index (κ3) is 3.72. The first-order valence-corrected chi connectivity index (χ1v) is 9.64. The molecule has 1 aromatic rings. The lowest BCUT2D eigenvalue weighted by molar-refractivity contribution is -0.138. The van der Waals surface area contributed by atoms with Gasteiger partial charge >= 0.3 is 6.03 Å². The zero-order valence-electron chi connectivity index (χ0n) is 15.6. The van der Waals surface area contributed by atoms with Crippen LogP contribution in [0.4, 0.5) is 4.79 Å². The molecule has 1 aliphatic heterocycles. The van der Waals surface area contributed by atoms with E-state index in [1.807, 2.05) is 6.92 Å². The van der Waals surface area contributed by atoms with E-state index in [-0.39, 0.29) is 12.5 Å². The average molecular weight is 390 g/mol. The normalized spacial score (nSPS) is 22.5. The molecular weight excluding hydrogens is 366 g/mol. The highest BCUT2D eigenvalue weighted by atomic mass is 35.5. The van der Waals surface area contributed by atoms with E-state index in [0.29, 0.717) is 17.1 Å². The Kier molecular flexibility index (Phi) is 5.56. The van der Waals surface area contributed by atoms with Crippen LogP contribution in [0.2, 0.25) is 5.02 Å². The smallest absolute Gasteiger partial charge is 0.319 e. The average Bonchev–Trinajstić information content (AvgIpc) is 2.88. The Morgan fingerprint density at radius 2 is 1.96 bits per heavy atom. The first-order chi connectivity index (χ1) is 12.9. The summed E-state index contributed by atoms with van der Waals surface area (Å²) in [6.45, 7) is 3.79. The fraction of sp³-hybridized carbons (Fsp3) is 0.450. The van der Waals surface area contributed by atoms with Crippen molar-refractivity contribution in [3.63, 3.8) is 0 Å². The third-order valence-corrected chi connectivity index (χ3v) is 5.47. The molecule has 1 saturated heterocycles.